The van der Waals surface area contributed by atoms with E-state index in [2.05, 4.69) is 5.32 Å². The van der Waals surface area contributed by atoms with Crippen LogP contribution in [0.25, 0.3) is 6.08 Å². The first-order valence-electron chi connectivity index (χ1n) is 12.9. The van der Waals surface area contributed by atoms with Crippen molar-refractivity contribution < 1.29 is 19.1 Å². The van der Waals surface area contributed by atoms with Gasteiger partial charge in [0.05, 0.1) is 13.0 Å². The molecule has 196 valence electrons. The highest BCUT2D eigenvalue weighted by atomic mass is 16.7. The van der Waals surface area contributed by atoms with Gasteiger partial charge in [-0.1, -0.05) is 78.4 Å². The van der Waals surface area contributed by atoms with Gasteiger partial charge in [0, 0.05) is 18.3 Å². The molecule has 4 aromatic carbocycles. The fourth-order valence-electron chi connectivity index (χ4n) is 4.33. The topological polar surface area (TPSA) is 67.9 Å². The zero-order valence-electron chi connectivity index (χ0n) is 21.8. The Morgan fingerprint density at radius 3 is 2.41 bits per heavy atom. The van der Waals surface area contributed by atoms with Gasteiger partial charge >= 0.3 is 0 Å². The maximum atomic E-state index is 13.4. The van der Waals surface area contributed by atoms with Crippen LogP contribution in [-0.2, 0) is 29.1 Å². The Bertz CT molecular complexity index is 1480. The maximum absolute atomic E-state index is 13.4. The van der Waals surface area contributed by atoms with Crippen LogP contribution in [0.5, 0.6) is 11.5 Å². The van der Waals surface area contributed by atoms with E-state index in [1.807, 2.05) is 110 Å². The van der Waals surface area contributed by atoms with Gasteiger partial charge in [-0.2, -0.15) is 0 Å². The number of hydrogen-bond acceptors (Lipinski definition) is 4. The van der Waals surface area contributed by atoms with E-state index in [0.29, 0.717) is 24.6 Å². The molecule has 5 rings (SSSR count). The number of aryl methyl sites for hydroxylation is 1. The van der Waals surface area contributed by atoms with Crippen LogP contribution >= 0.6 is 0 Å². The second-order valence-corrected chi connectivity index (χ2v) is 9.47. The van der Waals surface area contributed by atoms with E-state index in [-0.39, 0.29) is 25.0 Å². The van der Waals surface area contributed by atoms with E-state index in [4.69, 9.17) is 9.47 Å². The van der Waals surface area contributed by atoms with E-state index in [0.717, 1.165) is 33.5 Å². The van der Waals surface area contributed by atoms with Gasteiger partial charge in [-0.25, -0.2) is 0 Å². The predicted octanol–water partition coefficient (Wildman–Crippen LogP) is 5.83. The summed E-state index contributed by atoms with van der Waals surface area (Å²) in [6.45, 7) is 3.05. The van der Waals surface area contributed by atoms with Crippen molar-refractivity contribution in [3.8, 4) is 11.5 Å². The minimum Gasteiger partial charge on any atom is -0.454 e. The molecule has 0 aromatic heterocycles. The SMILES string of the molecule is Cc1ccc(CN(C(=O)/C=C/c2ccccc2)c2cccc(CC(=O)NCc3ccc4c(c3)OCO4)c2)cc1. The number of amides is 2. The molecule has 1 heterocycles. The van der Waals surface area contributed by atoms with E-state index >= 15 is 0 Å². The fraction of sp³-hybridized carbons (Fsp3) is 0.152. The molecule has 0 radical (unpaired) electrons. The normalized spacial score (nSPS) is 11.9. The zero-order chi connectivity index (χ0) is 27.0. The highest BCUT2D eigenvalue weighted by molar-refractivity contribution is 6.03. The lowest BCUT2D eigenvalue weighted by Crippen LogP contribution is -2.29. The molecular formula is C33H30N2O4. The van der Waals surface area contributed by atoms with Crippen molar-refractivity contribution in [3.63, 3.8) is 0 Å². The summed E-state index contributed by atoms with van der Waals surface area (Å²) in [7, 11) is 0. The lowest BCUT2D eigenvalue weighted by Gasteiger charge is -2.22. The highest BCUT2D eigenvalue weighted by Crippen LogP contribution is 2.32. The Balaban J connectivity index is 1.29. The van der Waals surface area contributed by atoms with Crippen molar-refractivity contribution in [2.45, 2.75) is 26.4 Å². The van der Waals surface area contributed by atoms with Crippen LogP contribution in [0.15, 0.2) is 103 Å². The quantitative estimate of drug-likeness (QED) is 0.283. The molecule has 0 unspecified atom stereocenters. The van der Waals surface area contributed by atoms with Crippen LogP contribution in [-0.4, -0.2) is 18.6 Å². The third kappa shape index (κ3) is 6.93. The molecule has 6 nitrogen and oxygen atoms in total. The number of ether oxygens (including phenoxy) is 2. The third-order valence-electron chi connectivity index (χ3n) is 6.46. The number of nitrogens with one attached hydrogen (secondary N) is 1. The molecule has 0 fully saturated rings. The average molecular weight is 519 g/mol. The lowest BCUT2D eigenvalue weighted by atomic mass is 10.1. The number of carbonyl (C=O) groups is 2. The molecule has 6 heteroatoms. The molecule has 1 N–H and O–H groups in total. The molecule has 1 aliphatic heterocycles. The summed E-state index contributed by atoms with van der Waals surface area (Å²) in [5.41, 5.74) is 5.63. The Morgan fingerprint density at radius 1 is 0.821 bits per heavy atom. The molecule has 4 aromatic rings. The minimum absolute atomic E-state index is 0.106. The second kappa shape index (κ2) is 12.1. The van der Waals surface area contributed by atoms with Crippen molar-refractivity contribution in [1.82, 2.24) is 5.32 Å². The van der Waals surface area contributed by atoms with Gasteiger partial charge in [-0.3, -0.25) is 9.59 Å². The summed E-state index contributed by atoms with van der Waals surface area (Å²) in [4.78, 5) is 27.9. The average Bonchev–Trinajstić information content (AvgIpc) is 3.43. The number of fused-ring (bicyclic) bond motifs is 1. The standard InChI is InChI=1S/C33H30N2O4/c1-24-10-12-26(13-11-24)22-35(33(37)17-15-25-6-3-2-4-7-25)29-9-5-8-27(18-29)20-32(36)34-21-28-14-16-30-31(19-28)39-23-38-30/h2-19H,20-23H2,1H3,(H,34,36)/b17-15+. The number of carbonyl (C=O) groups excluding carboxylic acids is 2. The first-order chi connectivity index (χ1) is 19.0. The van der Waals surface area contributed by atoms with Gasteiger partial charge in [0.1, 0.15) is 0 Å². The predicted molar refractivity (Wildman–Crippen MR) is 152 cm³/mol. The Morgan fingerprint density at radius 2 is 1.59 bits per heavy atom. The van der Waals surface area contributed by atoms with E-state index < -0.39 is 0 Å². The van der Waals surface area contributed by atoms with Crippen LogP contribution < -0.4 is 19.7 Å². The highest BCUT2D eigenvalue weighted by Gasteiger charge is 2.16. The second-order valence-electron chi connectivity index (χ2n) is 9.47. The summed E-state index contributed by atoms with van der Waals surface area (Å²) >= 11 is 0. The van der Waals surface area contributed by atoms with Crippen LogP contribution in [0.3, 0.4) is 0 Å². The van der Waals surface area contributed by atoms with Crippen molar-refractivity contribution in [3.05, 3.63) is 131 Å². The monoisotopic (exact) mass is 518 g/mol. The van der Waals surface area contributed by atoms with Crippen molar-refractivity contribution in [1.29, 1.82) is 0 Å². The fourth-order valence-corrected chi connectivity index (χ4v) is 4.33. The van der Waals surface area contributed by atoms with E-state index in [1.54, 1.807) is 11.0 Å². The molecule has 0 saturated carbocycles. The summed E-state index contributed by atoms with van der Waals surface area (Å²) in [5.74, 6) is 1.16. The summed E-state index contributed by atoms with van der Waals surface area (Å²) < 4.78 is 10.8. The molecule has 1 aliphatic rings. The molecule has 39 heavy (non-hydrogen) atoms. The van der Waals surface area contributed by atoms with Gasteiger partial charge < -0.3 is 19.7 Å². The molecule has 0 atom stereocenters. The molecular weight excluding hydrogens is 488 g/mol. The summed E-state index contributed by atoms with van der Waals surface area (Å²) in [6.07, 6.45) is 3.61. The van der Waals surface area contributed by atoms with Crippen molar-refractivity contribution in [2.24, 2.45) is 0 Å². The minimum atomic E-state index is -0.135. The van der Waals surface area contributed by atoms with Crippen molar-refractivity contribution in [2.75, 3.05) is 11.7 Å². The first kappa shape index (κ1) is 25.8. The maximum Gasteiger partial charge on any atom is 0.251 e. The number of benzene rings is 4. The Labute approximate surface area is 228 Å². The van der Waals surface area contributed by atoms with E-state index in [9.17, 15) is 9.59 Å². The number of nitrogens with zero attached hydrogens (tertiary/aromatic N) is 1. The molecule has 0 saturated heterocycles. The molecule has 0 spiro atoms. The number of hydrogen-bond donors (Lipinski definition) is 1. The molecule has 2 amide bonds. The van der Waals surface area contributed by atoms with Gasteiger partial charge in [0.25, 0.3) is 5.91 Å². The van der Waals surface area contributed by atoms with Gasteiger partial charge in [0.2, 0.25) is 12.7 Å². The van der Waals surface area contributed by atoms with Crippen LogP contribution in [0, 0.1) is 6.92 Å². The zero-order valence-corrected chi connectivity index (χ0v) is 21.8. The Hall–Kier alpha value is -4.84. The molecule has 0 aliphatic carbocycles. The summed E-state index contributed by atoms with van der Waals surface area (Å²) in [6, 6.07) is 31.1. The third-order valence-corrected chi connectivity index (χ3v) is 6.46. The smallest absolute Gasteiger partial charge is 0.251 e. The van der Waals surface area contributed by atoms with Gasteiger partial charge in [-0.15, -0.1) is 0 Å². The van der Waals surface area contributed by atoms with E-state index in [1.165, 1.54) is 0 Å². The van der Waals surface area contributed by atoms with Gasteiger partial charge in [0.15, 0.2) is 11.5 Å². The number of anilines is 1. The molecule has 0 bridgehead atoms. The summed E-state index contributed by atoms with van der Waals surface area (Å²) in [5, 5.41) is 2.97. The first-order valence-corrected chi connectivity index (χ1v) is 12.9. The Kier molecular flexibility index (Phi) is 8.03. The number of rotatable bonds is 9. The van der Waals surface area contributed by atoms with Crippen LogP contribution in [0.4, 0.5) is 5.69 Å². The van der Waals surface area contributed by atoms with Crippen LogP contribution in [0.2, 0.25) is 0 Å². The largest absolute Gasteiger partial charge is 0.454 e. The van der Waals surface area contributed by atoms with Gasteiger partial charge in [-0.05, 0) is 59.5 Å². The van der Waals surface area contributed by atoms with Crippen LogP contribution in [0.1, 0.15) is 27.8 Å². The van der Waals surface area contributed by atoms with Crippen molar-refractivity contribution >= 4 is 23.6 Å². The lowest BCUT2D eigenvalue weighted by molar-refractivity contribution is -0.120.